The van der Waals surface area contributed by atoms with Gasteiger partial charge in [0.25, 0.3) is 0 Å². The average Bonchev–Trinajstić information content (AvgIpc) is 3.28. The van der Waals surface area contributed by atoms with E-state index in [1.807, 2.05) is 0 Å². The largest absolute Gasteiger partial charge is 0.386 e. The standard InChI is InChI=1S/C56H51N3/c1-5-16-49-40(4)54(34-46-20-8-11-26-51(46)49)39(3)17-13-24-48(58-6-2)35-56(44-31-29-43(30-32-44)55-38-57-37-47-21-9-12-27-53(47)55)59-36-41-18-14-23-45(33-41)52-28-15-22-42-19-7-10-25-50(42)52/h5,7-35,37,57,59H,6,36,38H2,1-4H3/b16-5-,24-13-,39-17+,56-35-,58-48-. The summed E-state index contributed by atoms with van der Waals surface area (Å²) in [4.78, 5) is 4.97. The predicted molar refractivity (Wildman–Crippen MR) is 255 cm³/mol. The summed E-state index contributed by atoms with van der Waals surface area (Å²) in [5.41, 5.74) is 14.3. The molecule has 1 aliphatic heterocycles. The van der Waals surface area contributed by atoms with Crippen molar-refractivity contribution in [3.63, 3.8) is 0 Å². The number of hydrogen-bond acceptors (Lipinski definition) is 3. The Labute approximate surface area is 348 Å². The summed E-state index contributed by atoms with van der Waals surface area (Å²) in [5.74, 6) is 0. The van der Waals surface area contributed by atoms with Crippen LogP contribution in [0.15, 0.2) is 181 Å². The lowest BCUT2D eigenvalue weighted by atomic mass is 9.91. The molecule has 0 amide bonds. The van der Waals surface area contributed by atoms with Gasteiger partial charge >= 0.3 is 0 Å². The third kappa shape index (κ3) is 8.66. The van der Waals surface area contributed by atoms with Crippen LogP contribution in [0.25, 0.3) is 61.8 Å². The van der Waals surface area contributed by atoms with Gasteiger partial charge in [0.1, 0.15) is 0 Å². The second kappa shape index (κ2) is 18.1. The first-order valence-corrected chi connectivity index (χ1v) is 20.7. The van der Waals surface area contributed by atoms with Crippen LogP contribution in [0.2, 0.25) is 0 Å². The van der Waals surface area contributed by atoms with E-state index in [1.165, 1.54) is 82.1 Å². The summed E-state index contributed by atoms with van der Waals surface area (Å²) in [6, 6.07) is 52.6. The first-order chi connectivity index (χ1) is 29.0. The van der Waals surface area contributed by atoms with Crippen molar-refractivity contribution in [3.05, 3.63) is 220 Å². The molecule has 0 fully saturated rings. The Kier molecular flexibility index (Phi) is 11.9. The number of aliphatic imine (C=N–C) groups is 1. The maximum Gasteiger partial charge on any atom is 0.0594 e. The molecule has 1 heterocycles. The van der Waals surface area contributed by atoms with Crippen LogP contribution in [-0.2, 0) is 6.54 Å². The van der Waals surface area contributed by atoms with E-state index in [0.717, 1.165) is 23.5 Å². The Morgan fingerprint density at radius 3 is 2.34 bits per heavy atom. The lowest BCUT2D eigenvalue weighted by molar-refractivity contribution is 0.890. The molecular weight excluding hydrogens is 715 g/mol. The van der Waals surface area contributed by atoms with Crippen LogP contribution >= 0.6 is 0 Å². The van der Waals surface area contributed by atoms with Crippen molar-refractivity contribution in [2.75, 3.05) is 13.1 Å². The first kappa shape index (κ1) is 38.9. The molecule has 0 aliphatic carbocycles. The molecule has 59 heavy (non-hydrogen) atoms. The molecule has 0 aromatic heterocycles. The highest BCUT2D eigenvalue weighted by molar-refractivity contribution is 6.08. The molecule has 3 nitrogen and oxygen atoms in total. The van der Waals surface area contributed by atoms with Gasteiger partial charge in [0, 0.05) is 31.5 Å². The van der Waals surface area contributed by atoms with E-state index in [-0.39, 0.29) is 0 Å². The van der Waals surface area contributed by atoms with Crippen molar-refractivity contribution in [2.24, 2.45) is 4.99 Å². The number of nitrogens with one attached hydrogen (secondary N) is 2. The van der Waals surface area contributed by atoms with Gasteiger partial charge in [-0.2, -0.15) is 0 Å². The third-order valence-corrected chi connectivity index (χ3v) is 11.2. The van der Waals surface area contributed by atoms with Crippen LogP contribution in [0.4, 0.5) is 0 Å². The first-order valence-electron chi connectivity index (χ1n) is 20.7. The Morgan fingerprint density at radius 2 is 1.51 bits per heavy atom. The summed E-state index contributed by atoms with van der Waals surface area (Å²) >= 11 is 0. The number of hydrogen-bond donors (Lipinski definition) is 2. The highest BCUT2D eigenvalue weighted by Gasteiger charge is 2.12. The van der Waals surface area contributed by atoms with Gasteiger partial charge in [0.05, 0.1) is 5.71 Å². The van der Waals surface area contributed by atoms with Crippen LogP contribution < -0.4 is 21.1 Å². The highest BCUT2D eigenvalue weighted by Crippen LogP contribution is 2.32. The zero-order valence-corrected chi connectivity index (χ0v) is 34.5. The molecule has 2 N–H and O–H groups in total. The second-order valence-corrected chi connectivity index (χ2v) is 15.1. The van der Waals surface area contributed by atoms with Gasteiger partial charge in [-0.1, -0.05) is 158 Å². The van der Waals surface area contributed by atoms with Crippen LogP contribution in [0, 0.1) is 6.92 Å². The fraction of sp³-hybridized carbons (Fsp3) is 0.125. The van der Waals surface area contributed by atoms with Crippen LogP contribution in [0.5, 0.6) is 0 Å². The minimum absolute atomic E-state index is 0.661. The Hall–Kier alpha value is -6.97. The van der Waals surface area contributed by atoms with E-state index in [9.17, 15) is 0 Å². The minimum Gasteiger partial charge on any atom is -0.386 e. The SMILES string of the molecule is C/C=C\c1c(C)c(/C(C)=C/C=C\C(\C=C(/NCc2cccc(-c3cccc4ccccc34)c2)c2ccc(C3=c4ccccc4=CNC3)cc2)=N\CC)cc2ccccc12. The van der Waals surface area contributed by atoms with Gasteiger partial charge in [0.15, 0.2) is 0 Å². The van der Waals surface area contributed by atoms with Crippen molar-refractivity contribution in [1.29, 1.82) is 0 Å². The second-order valence-electron chi connectivity index (χ2n) is 15.1. The average molecular weight is 766 g/mol. The number of benzene rings is 7. The van der Waals surface area contributed by atoms with Crippen molar-refractivity contribution < 1.29 is 0 Å². The third-order valence-electron chi connectivity index (χ3n) is 11.2. The summed E-state index contributed by atoms with van der Waals surface area (Å²) in [7, 11) is 0. The molecule has 1 aliphatic rings. The molecule has 3 heteroatoms. The Morgan fingerprint density at radius 1 is 0.763 bits per heavy atom. The summed E-state index contributed by atoms with van der Waals surface area (Å²) in [5, 5.41) is 14.8. The van der Waals surface area contributed by atoms with Gasteiger partial charge in [-0.25, -0.2) is 0 Å². The molecule has 0 saturated carbocycles. The fourth-order valence-corrected chi connectivity index (χ4v) is 8.25. The van der Waals surface area contributed by atoms with Crippen LogP contribution in [0.3, 0.4) is 0 Å². The quantitative estimate of drug-likeness (QED) is 0.0960. The fourth-order valence-electron chi connectivity index (χ4n) is 8.25. The molecule has 290 valence electrons. The summed E-state index contributed by atoms with van der Waals surface area (Å²) in [6.07, 6.45) is 15.1. The molecule has 0 spiro atoms. The molecular formula is C56H51N3. The molecule has 0 unspecified atom stereocenters. The summed E-state index contributed by atoms with van der Waals surface area (Å²) < 4.78 is 0. The molecule has 0 radical (unpaired) electrons. The predicted octanol–water partition coefficient (Wildman–Crippen LogP) is 11.8. The monoisotopic (exact) mass is 765 g/mol. The molecule has 7 aromatic carbocycles. The Balaban J connectivity index is 1.13. The van der Waals surface area contributed by atoms with Crippen molar-refractivity contribution in [2.45, 2.75) is 34.2 Å². The molecule has 8 rings (SSSR count). The van der Waals surface area contributed by atoms with Gasteiger partial charge in [-0.15, -0.1) is 0 Å². The van der Waals surface area contributed by atoms with Crippen molar-refractivity contribution >= 4 is 56.4 Å². The van der Waals surface area contributed by atoms with Crippen LogP contribution in [0.1, 0.15) is 54.2 Å². The van der Waals surface area contributed by atoms with E-state index in [2.05, 4.69) is 227 Å². The molecule has 0 saturated heterocycles. The molecule has 7 aromatic rings. The lowest BCUT2D eigenvalue weighted by Gasteiger charge is -2.16. The zero-order chi connectivity index (χ0) is 40.6. The Bertz CT molecular complexity index is 2930. The maximum absolute atomic E-state index is 4.97. The van der Waals surface area contributed by atoms with E-state index >= 15 is 0 Å². The zero-order valence-electron chi connectivity index (χ0n) is 34.5. The minimum atomic E-state index is 0.661. The number of fused-ring (bicyclic) bond motifs is 3. The van der Waals surface area contributed by atoms with E-state index in [1.54, 1.807) is 0 Å². The summed E-state index contributed by atoms with van der Waals surface area (Å²) in [6.45, 7) is 10.7. The van der Waals surface area contributed by atoms with Crippen molar-refractivity contribution in [3.8, 4) is 11.1 Å². The maximum atomic E-state index is 4.97. The van der Waals surface area contributed by atoms with Gasteiger partial charge in [-0.05, 0) is 140 Å². The number of rotatable bonds is 12. The normalized spacial score (nSPS) is 13.6. The number of nitrogens with zero attached hydrogens (tertiary/aromatic N) is 1. The molecule has 0 bridgehead atoms. The van der Waals surface area contributed by atoms with Gasteiger partial charge in [-0.3, -0.25) is 4.99 Å². The van der Waals surface area contributed by atoms with Gasteiger partial charge < -0.3 is 10.6 Å². The molecule has 0 atom stereocenters. The topological polar surface area (TPSA) is 36.4 Å². The smallest absolute Gasteiger partial charge is 0.0594 e. The van der Waals surface area contributed by atoms with Crippen molar-refractivity contribution in [1.82, 2.24) is 10.6 Å². The van der Waals surface area contributed by atoms with E-state index in [4.69, 9.17) is 4.99 Å². The van der Waals surface area contributed by atoms with E-state index < -0.39 is 0 Å². The van der Waals surface area contributed by atoms with E-state index in [0.29, 0.717) is 13.1 Å². The van der Waals surface area contributed by atoms with Gasteiger partial charge in [0.2, 0.25) is 0 Å². The van der Waals surface area contributed by atoms with Crippen LogP contribution in [-0.4, -0.2) is 18.8 Å². The lowest BCUT2D eigenvalue weighted by Crippen LogP contribution is -2.36. The number of allylic oxidation sites excluding steroid dienone is 6. The highest BCUT2D eigenvalue weighted by atomic mass is 14.9.